The van der Waals surface area contributed by atoms with Crippen LogP contribution in [0.25, 0.3) is 10.9 Å². The molecule has 0 unspecified atom stereocenters. The normalized spacial score (nSPS) is 13.2. The lowest BCUT2D eigenvalue weighted by Gasteiger charge is -2.14. The number of nitrogens with zero attached hydrogens (tertiary/aromatic N) is 3. The summed E-state index contributed by atoms with van der Waals surface area (Å²) in [5, 5.41) is 9.27. The van der Waals surface area contributed by atoms with Crippen molar-refractivity contribution in [2.24, 2.45) is 0 Å². The Kier molecular flexibility index (Phi) is 4.78. The minimum Gasteiger partial charge on any atom is -0.424 e. The van der Waals surface area contributed by atoms with Crippen LogP contribution >= 0.6 is 0 Å². The standard InChI is InChI=1S/C16H21N5O3S/c1-4-21-15(11(3)20-25(22,23)5-2)18-19-16(21)24-13-7-6-12-8-9-17-14(12)10-13/h6-11,17,20H,4-5H2,1-3H3/t11-/m1/s1. The molecular weight excluding hydrogens is 342 g/mol. The molecule has 0 aliphatic rings. The molecule has 0 bridgehead atoms. The first kappa shape index (κ1) is 17.4. The van der Waals surface area contributed by atoms with Gasteiger partial charge in [-0.05, 0) is 44.4 Å². The van der Waals surface area contributed by atoms with Gasteiger partial charge in [-0.25, -0.2) is 13.1 Å². The van der Waals surface area contributed by atoms with Crippen molar-refractivity contribution in [1.82, 2.24) is 24.5 Å². The molecule has 9 heteroatoms. The summed E-state index contributed by atoms with van der Waals surface area (Å²) in [4.78, 5) is 3.13. The average Bonchev–Trinajstić information content (AvgIpc) is 3.20. The van der Waals surface area contributed by atoms with Gasteiger partial charge in [0.25, 0.3) is 0 Å². The molecule has 134 valence electrons. The van der Waals surface area contributed by atoms with E-state index in [-0.39, 0.29) is 5.75 Å². The van der Waals surface area contributed by atoms with Gasteiger partial charge in [0.2, 0.25) is 10.0 Å². The molecule has 0 radical (unpaired) electrons. The van der Waals surface area contributed by atoms with Gasteiger partial charge in [-0.2, -0.15) is 0 Å². The van der Waals surface area contributed by atoms with Crippen molar-refractivity contribution >= 4 is 20.9 Å². The lowest BCUT2D eigenvalue weighted by Crippen LogP contribution is -2.30. The van der Waals surface area contributed by atoms with E-state index in [0.29, 0.717) is 24.1 Å². The van der Waals surface area contributed by atoms with Gasteiger partial charge in [0.15, 0.2) is 5.82 Å². The molecule has 3 rings (SSSR count). The maximum absolute atomic E-state index is 11.8. The Morgan fingerprint density at radius 2 is 2.08 bits per heavy atom. The van der Waals surface area contributed by atoms with Gasteiger partial charge in [0.05, 0.1) is 11.8 Å². The first-order valence-corrected chi connectivity index (χ1v) is 9.76. The number of benzene rings is 1. The maximum Gasteiger partial charge on any atom is 0.322 e. The highest BCUT2D eigenvalue weighted by atomic mass is 32.2. The maximum atomic E-state index is 11.8. The van der Waals surface area contributed by atoms with Crippen molar-refractivity contribution in [2.75, 3.05) is 5.75 Å². The molecule has 0 spiro atoms. The van der Waals surface area contributed by atoms with E-state index in [9.17, 15) is 8.42 Å². The van der Waals surface area contributed by atoms with E-state index in [0.717, 1.165) is 10.9 Å². The number of ether oxygens (including phenoxy) is 1. The second-order valence-electron chi connectivity index (χ2n) is 5.66. The van der Waals surface area contributed by atoms with Crippen LogP contribution in [0.15, 0.2) is 30.5 Å². The number of hydrogen-bond acceptors (Lipinski definition) is 5. The van der Waals surface area contributed by atoms with Crippen molar-refractivity contribution in [3.8, 4) is 11.8 Å². The summed E-state index contributed by atoms with van der Waals surface area (Å²) in [6.45, 7) is 5.80. The fourth-order valence-electron chi connectivity index (χ4n) is 2.59. The molecule has 2 N–H and O–H groups in total. The number of H-pyrrole nitrogens is 1. The molecule has 1 aromatic carbocycles. The minimum atomic E-state index is -3.34. The number of fused-ring (bicyclic) bond motifs is 1. The third-order valence-electron chi connectivity index (χ3n) is 3.92. The van der Waals surface area contributed by atoms with Crippen LogP contribution in [0.4, 0.5) is 0 Å². The lowest BCUT2D eigenvalue weighted by atomic mass is 10.2. The van der Waals surface area contributed by atoms with Crippen molar-refractivity contribution in [3.63, 3.8) is 0 Å². The number of sulfonamides is 1. The van der Waals surface area contributed by atoms with Gasteiger partial charge < -0.3 is 9.72 Å². The summed E-state index contributed by atoms with van der Waals surface area (Å²) in [5.41, 5.74) is 0.962. The highest BCUT2D eigenvalue weighted by Crippen LogP contribution is 2.26. The molecule has 0 aliphatic heterocycles. The summed E-state index contributed by atoms with van der Waals surface area (Å²) in [5.74, 6) is 1.15. The molecule has 0 aliphatic carbocycles. The summed E-state index contributed by atoms with van der Waals surface area (Å²) >= 11 is 0. The van der Waals surface area contributed by atoms with E-state index < -0.39 is 16.1 Å². The zero-order valence-corrected chi connectivity index (χ0v) is 15.2. The third-order valence-corrected chi connectivity index (χ3v) is 5.39. The van der Waals surface area contributed by atoms with Gasteiger partial charge in [0, 0.05) is 24.3 Å². The largest absolute Gasteiger partial charge is 0.424 e. The number of nitrogens with one attached hydrogen (secondary N) is 2. The molecule has 2 heterocycles. The monoisotopic (exact) mass is 363 g/mol. The van der Waals surface area contributed by atoms with Crippen molar-refractivity contribution in [1.29, 1.82) is 0 Å². The van der Waals surface area contributed by atoms with Crippen LogP contribution in [0, 0.1) is 0 Å². The van der Waals surface area contributed by atoms with Crippen LogP contribution < -0.4 is 9.46 Å². The average molecular weight is 363 g/mol. The van der Waals surface area contributed by atoms with Crippen LogP contribution in [0.3, 0.4) is 0 Å². The number of hydrogen-bond donors (Lipinski definition) is 2. The second kappa shape index (κ2) is 6.85. The van der Waals surface area contributed by atoms with E-state index in [4.69, 9.17) is 4.74 Å². The first-order chi connectivity index (χ1) is 11.9. The molecule has 2 aromatic heterocycles. The van der Waals surface area contributed by atoms with Crippen LogP contribution in [-0.2, 0) is 16.6 Å². The van der Waals surface area contributed by atoms with E-state index in [2.05, 4.69) is 19.9 Å². The Bertz CT molecular complexity index is 977. The van der Waals surface area contributed by atoms with Crippen molar-refractivity contribution < 1.29 is 13.2 Å². The van der Waals surface area contributed by atoms with Gasteiger partial charge in [-0.15, -0.1) is 5.10 Å². The van der Waals surface area contributed by atoms with E-state index >= 15 is 0 Å². The number of rotatable bonds is 7. The molecule has 0 amide bonds. The summed E-state index contributed by atoms with van der Waals surface area (Å²) in [6, 6.07) is 7.49. The SMILES string of the molecule is CCn1c(Oc2ccc3cc[nH]c3c2)nnc1[C@@H](C)NS(=O)(=O)CC. The van der Waals surface area contributed by atoms with Gasteiger partial charge >= 0.3 is 6.01 Å². The van der Waals surface area contributed by atoms with Crippen molar-refractivity contribution in [3.05, 3.63) is 36.3 Å². The predicted molar refractivity (Wildman–Crippen MR) is 95.1 cm³/mol. The molecule has 0 saturated heterocycles. The highest BCUT2D eigenvalue weighted by Gasteiger charge is 2.21. The summed E-state index contributed by atoms with van der Waals surface area (Å²) < 4.78 is 33.7. The zero-order chi connectivity index (χ0) is 18.0. The van der Waals surface area contributed by atoms with Crippen LogP contribution in [0.1, 0.15) is 32.6 Å². The third kappa shape index (κ3) is 3.67. The van der Waals surface area contributed by atoms with Gasteiger partial charge in [-0.3, -0.25) is 4.57 Å². The second-order valence-corrected chi connectivity index (χ2v) is 7.70. The zero-order valence-electron chi connectivity index (χ0n) is 14.4. The van der Waals surface area contributed by atoms with Crippen LogP contribution in [0.2, 0.25) is 0 Å². The fourth-order valence-corrected chi connectivity index (χ4v) is 3.41. The number of aromatic amines is 1. The smallest absolute Gasteiger partial charge is 0.322 e. The van der Waals surface area contributed by atoms with Gasteiger partial charge in [-0.1, -0.05) is 5.10 Å². The highest BCUT2D eigenvalue weighted by molar-refractivity contribution is 7.89. The molecule has 0 saturated carbocycles. The van der Waals surface area contributed by atoms with Crippen LogP contribution in [-0.4, -0.2) is 33.9 Å². The molecule has 3 aromatic rings. The molecule has 0 fully saturated rings. The predicted octanol–water partition coefficient (Wildman–Crippen LogP) is 2.57. The Hall–Kier alpha value is -2.39. The Morgan fingerprint density at radius 1 is 1.28 bits per heavy atom. The van der Waals surface area contributed by atoms with Crippen molar-refractivity contribution in [2.45, 2.75) is 33.4 Å². The molecular formula is C16H21N5O3S. The first-order valence-electron chi connectivity index (χ1n) is 8.11. The molecule has 1 atom stereocenters. The topological polar surface area (TPSA) is 102 Å². The fraction of sp³-hybridized carbons (Fsp3) is 0.375. The summed E-state index contributed by atoms with van der Waals surface area (Å²) in [6.07, 6.45) is 1.86. The van der Waals surface area contributed by atoms with E-state index in [1.54, 1.807) is 18.4 Å². The molecule has 25 heavy (non-hydrogen) atoms. The van der Waals surface area contributed by atoms with E-state index in [1.165, 1.54) is 0 Å². The van der Waals surface area contributed by atoms with E-state index in [1.807, 2.05) is 37.4 Å². The Balaban J connectivity index is 1.86. The van der Waals surface area contributed by atoms with Gasteiger partial charge in [0.1, 0.15) is 5.75 Å². The van der Waals surface area contributed by atoms with Crippen LogP contribution in [0.5, 0.6) is 11.8 Å². The summed E-state index contributed by atoms with van der Waals surface area (Å²) in [7, 11) is -3.34. The lowest BCUT2D eigenvalue weighted by molar-refractivity contribution is 0.408. The minimum absolute atomic E-state index is 0.0110. The molecule has 8 nitrogen and oxygen atoms in total. The quantitative estimate of drug-likeness (QED) is 0.672. The Morgan fingerprint density at radius 3 is 2.80 bits per heavy atom. The Labute approximate surface area is 146 Å². The number of aromatic nitrogens is 4.